The van der Waals surface area contributed by atoms with Gasteiger partial charge in [-0.25, -0.2) is 0 Å². The smallest absolute Gasteiger partial charge is 0.264 e. The number of oxime groups is 1. The largest absolute Gasteiger partial charge is 0.497 e. The van der Waals surface area contributed by atoms with Gasteiger partial charge in [-0.3, -0.25) is 4.79 Å². The van der Waals surface area contributed by atoms with Crippen LogP contribution in [-0.2, 0) is 16.2 Å². The summed E-state index contributed by atoms with van der Waals surface area (Å²) in [5, 5.41) is 7.25. The highest BCUT2D eigenvalue weighted by Crippen LogP contribution is 2.31. The SMILES string of the molecule is COc1cccc(CNC(=O)[C@@H]2CC(C(c3ccccc3)c3ccccc3)=NO2)c1. The molecule has 0 aliphatic carbocycles. The fraction of sp³-hybridized carbons (Fsp3) is 0.200. The van der Waals surface area contributed by atoms with E-state index in [2.05, 4.69) is 34.7 Å². The lowest BCUT2D eigenvalue weighted by Gasteiger charge is -2.17. The lowest BCUT2D eigenvalue weighted by atomic mass is 9.85. The number of carbonyl (C=O) groups excluding carboxylic acids is 1. The summed E-state index contributed by atoms with van der Waals surface area (Å²) in [6.45, 7) is 0.409. The molecule has 0 fully saturated rings. The van der Waals surface area contributed by atoms with Crippen LogP contribution in [0.1, 0.15) is 29.0 Å². The van der Waals surface area contributed by atoms with E-state index in [1.807, 2.05) is 60.7 Å². The van der Waals surface area contributed by atoms with E-state index in [0.717, 1.165) is 28.2 Å². The summed E-state index contributed by atoms with van der Waals surface area (Å²) in [4.78, 5) is 18.2. The van der Waals surface area contributed by atoms with Crippen molar-refractivity contribution in [1.29, 1.82) is 0 Å². The molecule has 1 heterocycles. The molecule has 4 rings (SSSR count). The third kappa shape index (κ3) is 4.51. The Bertz CT molecular complexity index is 979. The van der Waals surface area contributed by atoms with Crippen LogP contribution in [0.4, 0.5) is 0 Å². The fourth-order valence-electron chi connectivity index (χ4n) is 3.66. The molecule has 5 heteroatoms. The number of ether oxygens (including phenoxy) is 1. The van der Waals surface area contributed by atoms with Crippen LogP contribution in [0, 0.1) is 0 Å². The Labute approximate surface area is 176 Å². The minimum atomic E-state index is -0.625. The van der Waals surface area contributed by atoms with Crippen LogP contribution in [0.15, 0.2) is 90.1 Å². The van der Waals surface area contributed by atoms with Gasteiger partial charge in [0, 0.05) is 13.0 Å². The molecule has 5 nitrogen and oxygen atoms in total. The van der Waals surface area contributed by atoms with Gasteiger partial charge in [0.25, 0.3) is 5.91 Å². The predicted octanol–water partition coefficient (Wildman–Crippen LogP) is 4.29. The third-order valence-corrected chi connectivity index (χ3v) is 5.18. The minimum absolute atomic E-state index is 0.0383. The number of hydrogen-bond donors (Lipinski definition) is 1. The minimum Gasteiger partial charge on any atom is -0.497 e. The van der Waals surface area contributed by atoms with Crippen molar-refractivity contribution in [3.05, 3.63) is 102 Å². The normalized spacial score (nSPS) is 15.4. The molecular formula is C25H24N2O3. The van der Waals surface area contributed by atoms with Crippen LogP contribution in [-0.4, -0.2) is 24.8 Å². The Balaban J connectivity index is 1.44. The van der Waals surface area contributed by atoms with Crippen LogP contribution >= 0.6 is 0 Å². The van der Waals surface area contributed by atoms with Gasteiger partial charge in [0.05, 0.1) is 18.7 Å². The number of benzene rings is 3. The lowest BCUT2D eigenvalue weighted by molar-refractivity contribution is -0.131. The molecule has 1 N–H and O–H groups in total. The van der Waals surface area contributed by atoms with Crippen LogP contribution < -0.4 is 10.1 Å². The van der Waals surface area contributed by atoms with E-state index in [-0.39, 0.29) is 11.8 Å². The first-order valence-electron chi connectivity index (χ1n) is 9.97. The van der Waals surface area contributed by atoms with Gasteiger partial charge in [0.1, 0.15) is 5.75 Å². The van der Waals surface area contributed by atoms with Crippen molar-refractivity contribution in [1.82, 2.24) is 5.32 Å². The molecule has 3 aromatic rings. The number of nitrogens with zero attached hydrogens (tertiary/aromatic N) is 1. The summed E-state index contributed by atoms with van der Waals surface area (Å²) in [7, 11) is 1.62. The molecule has 152 valence electrons. The van der Waals surface area contributed by atoms with Crippen molar-refractivity contribution in [2.24, 2.45) is 5.16 Å². The Hall–Kier alpha value is -3.60. The quantitative estimate of drug-likeness (QED) is 0.644. The molecule has 0 radical (unpaired) electrons. The number of amides is 1. The molecule has 1 aliphatic rings. The second-order valence-electron chi connectivity index (χ2n) is 7.20. The maximum Gasteiger partial charge on any atom is 0.264 e. The van der Waals surface area contributed by atoms with Crippen molar-refractivity contribution in [3.63, 3.8) is 0 Å². The number of rotatable bonds is 7. The van der Waals surface area contributed by atoms with Crippen LogP contribution in [0.5, 0.6) is 5.75 Å². The third-order valence-electron chi connectivity index (χ3n) is 5.18. The first-order valence-corrected chi connectivity index (χ1v) is 9.97. The number of methoxy groups -OCH3 is 1. The van der Waals surface area contributed by atoms with Crippen LogP contribution in [0.2, 0.25) is 0 Å². The molecule has 0 spiro atoms. The summed E-state index contributed by atoms with van der Waals surface area (Å²) < 4.78 is 5.23. The molecule has 0 saturated heterocycles. The second kappa shape index (κ2) is 9.27. The first kappa shape index (κ1) is 19.7. The van der Waals surface area contributed by atoms with Gasteiger partial charge in [-0.1, -0.05) is 78.0 Å². The average Bonchev–Trinajstić information content (AvgIpc) is 3.29. The van der Waals surface area contributed by atoms with Gasteiger partial charge in [-0.05, 0) is 28.8 Å². The van der Waals surface area contributed by atoms with E-state index in [1.54, 1.807) is 7.11 Å². The lowest BCUT2D eigenvalue weighted by Crippen LogP contribution is -2.34. The zero-order valence-corrected chi connectivity index (χ0v) is 16.8. The van der Waals surface area contributed by atoms with E-state index >= 15 is 0 Å². The molecule has 0 saturated carbocycles. The summed E-state index contributed by atoms with van der Waals surface area (Å²) in [6, 6.07) is 28.0. The highest BCUT2D eigenvalue weighted by atomic mass is 16.6. The summed E-state index contributed by atoms with van der Waals surface area (Å²) in [5.41, 5.74) is 4.08. The monoisotopic (exact) mass is 400 g/mol. The van der Waals surface area contributed by atoms with Gasteiger partial charge in [0.15, 0.2) is 0 Å². The number of nitrogens with one attached hydrogen (secondary N) is 1. The van der Waals surface area contributed by atoms with Gasteiger partial charge in [-0.15, -0.1) is 0 Å². The van der Waals surface area contributed by atoms with Gasteiger partial charge < -0.3 is 14.9 Å². The molecule has 1 amide bonds. The molecule has 30 heavy (non-hydrogen) atoms. The van der Waals surface area contributed by atoms with E-state index in [1.165, 1.54) is 0 Å². The van der Waals surface area contributed by atoms with E-state index in [9.17, 15) is 4.79 Å². The van der Waals surface area contributed by atoms with Crippen molar-refractivity contribution in [3.8, 4) is 5.75 Å². The van der Waals surface area contributed by atoms with Crippen molar-refractivity contribution in [2.75, 3.05) is 7.11 Å². The number of carbonyl (C=O) groups is 1. The van der Waals surface area contributed by atoms with Crippen molar-refractivity contribution < 1.29 is 14.4 Å². The van der Waals surface area contributed by atoms with E-state index in [0.29, 0.717) is 13.0 Å². The summed E-state index contributed by atoms with van der Waals surface area (Å²) in [5.74, 6) is 0.554. The maximum absolute atomic E-state index is 12.7. The fourth-order valence-corrected chi connectivity index (χ4v) is 3.66. The van der Waals surface area contributed by atoms with Crippen LogP contribution in [0.3, 0.4) is 0 Å². The molecule has 1 aliphatic heterocycles. The zero-order chi connectivity index (χ0) is 20.8. The standard InChI is InChI=1S/C25H24N2O3/c1-29-21-14-8-9-18(15-21)17-26-25(28)23-16-22(27-30-23)24(19-10-4-2-5-11-19)20-12-6-3-7-13-20/h2-15,23-24H,16-17H2,1H3,(H,26,28)/t23-/m0/s1. The molecular weight excluding hydrogens is 376 g/mol. The van der Waals surface area contributed by atoms with Crippen LogP contribution in [0.25, 0.3) is 0 Å². The molecule has 3 aromatic carbocycles. The second-order valence-corrected chi connectivity index (χ2v) is 7.20. The topological polar surface area (TPSA) is 59.9 Å². The highest BCUT2D eigenvalue weighted by molar-refractivity contribution is 5.98. The predicted molar refractivity (Wildman–Crippen MR) is 116 cm³/mol. The van der Waals surface area contributed by atoms with Crippen molar-refractivity contribution in [2.45, 2.75) is 25.0 Å². The molecule has 1 atom stereocenters. The van der Waals surface area contributed by atoms with Gasteiger partial charge in [-0.2, -0.15) is 0 Å². The molecule has 0 aromatic heterocycles. The zero-order valence-electron chi connectivity index (χ0n) is 16.8. The van der Waals surface area contributed by atoms with Gasteiger partial charge >= 0.3 is 0 Å². The Morgan fingerprint density at radius 3 is 2.33 bits per heavy atom. The summed E-state index contributed by atoms with van der Waals surface area (Å²) >= 11 is 0. The van der Waals surface area contributed by atoms with E-state index < -0.39 is 6.10 Å². The Kier molecular flexibility index (Phi) is 6.09. The Morgan fingerprint density at radius 2 is 1.70 bits per heavy atom. The van der Waals surface area contributed by atoms with Crippen molar-refractivity contribution >= 4 is 11.6 Å². The van der Waals surface area contributed by atoms with E-state index in [4.69, 9.17) is 9.57 Å². The maximum atomic E-state index is 12.7. The number of hydrogen-bond acceptors (Lipinski definition) is 4. The average molecular weight is 400 g/mol. The highest BCUT2D eigenvalue weighted by Gasteiger charge is 2.33. The van der Waals surface area contributed by atoms with Gasteiger partial charge in [0.2, 0.25) is 6.10 Å². The summed E-state index contributed by atoms with van der Waals surface area (Å²) in [6.07, 6.45) is -0.168. The first-order chi connectivity index (χ1) is 14.7. The molecule has 0 unspecified atom stereocenters. The molecule has 0 bridgehead atoms. The Morgan fingerprint density at radius 1 is 1.03 bits per heavy atom.